The Balaban J connectivity index is 2.19. The third-order valence-electron chi connectivity index (χ3n) is 2.45. The summed E-state index contributed by atoms with van der Waals surface area (Å²) in [6.45, 7) is 0. The van der Waals surface area contributed by atoms with E-state index in [1.54, 1.807) is 24.3 Å². The van der Waals surface area contributed by atoms with Crippen LogP contribution in [0, 0.1) is 5.82 Å². The molecule has 96 valence electrons. The molecule has 0 aliphatic carbocycles. The second-order valence-electron chi connectivity index (χ2n) is 3.67. The van der Waals surface area contributed by atoms with Crippen molar-refractivity contribution in [2.24, 2.45) is 4.99 Å². The number of para-hydroxylation sites is 1. The molecule has 2 nitrogen and oxygen atoms in total. The Kier molecular flexibility index (Phi) is 4.74. The number of thioether (sulfide) groups is 1. The summed E-state index contributed by atoms with van der Waals surface area (Å²) in [5, 5.41) is 0.109. The van der Waals surface area contributed by atoms with E-state index in [2.05, 4.69) is 4.99 Å². The van der Waals surface area contributed by atoms with Crippen molar-refractivity contribution < 1.29 is 9.18 Å². The first-order chi connectivity index (χ1) is 9.22. The van der Waals surface area contributed by atoms with E-state index in [0.717, 1.165) is 4.90 Å². The molecule has 0 fully saturated rings. The van der Waals surface area contributed by atoms with Gasteiger partial charge in [0, 0.05) is 10.6 Å². The van der Waals surface area contributed by atoms with Crippen molar-refractivity contribution in [3.63, 3.8) is 0 Å². The number of carbonyl (C=O) groups excluding carboxylic acids is 1. The van der Waals surface area contributed by atoms with Gasteiger partial charge in [-0.2, -0.15) is 4.99 Å². The van der Waals surface area contributed by atoms with Gasteiger partial charge in [0.2, 0.25) is 6.08 Å². The SMILES string of the molecule is O=C=Nc1ccccc1SCc1cccc(Cl)c1F. The lowest BCUT2D eigenvalue weighted by molar-refractivity contribution is 0.565. The van der Waals surface area contributed by atoms with Crippen LogP contribution < -0.4 is 0 Å². The molecular formula is C14H9ClFNOS. The van der Waals surface area contributed by atoms with Crippen molar-refractivity contribution in [1.29, 1.82) is 0 Å². The smallest absolute Gasteiger partial charge is 0.211 e. The van der Waals surface area contributed by atoms with Crippen LogP contribution in [0.2, 0.25) is 5.02 Å². The van der Waals surface area contributed by atoms with Crippen LogP contribution in [0.25, 0.3) is 0 Å². The summed E-state index contributed by atoms with van der Waals surface area (Å²) in [5.74, 6) is 0.00524. The van der Waals surface area contributed by atoms with Crippen LogP contribution in [0.4, 0.5) is 10.1 Å². The van der Waals surface area contributed by atoms with Gasteiger partial charge >= 0.3 is 0 Å². The Morgan fingerprint density at radius 1 is 1.21 bits per heavy atom. The monoisotopic (exact) mass is 293 g/mol. The molecule has 19 heavy (non-hydrogen) atoms. The lowest BCUT2D eigenvalue weighted by Gasteiger charge is -2.06. The Labute approximate surface area is 119 Å². The summed E-state index contributed by atoms with van der Waals surface area (Å²) in [4.78, 5) is 14.7. The number of hydrogen-bond acceptors (Lipinski definition) is 3. The molecule has 5 heteroatoms. The highest BCUT2D eigenvalue weighted by atomic mass is 35.5. The van der Waals surface area contributed by atoms with Gasteiger partial charge in [-0.15, -0.1) is 11.8 Å². The van der Waals surface area contributed by atoms with Gasteiger partial charge in [0.25, 0.3) is 0 Å². The van der Waals surface area contributed by atoms with Gasteiger partial charge in [0.1, 0.15) is 5.82 Å². The Hall–Kier alpha value is -1.61. The summed E-state index contributed by atoms with van der Waals surface area (Å²) in [7, 11) is 0. The zero-order chi connectivity index (χ0) is 13.7. The lowest BCUT2D eigenvalue weighted by atomic mass is 10.2. The van der Waals surface area contributed by atoms with E-state index >= 15 is 0 Å². The van der Waals surface area contributed by atoms with Gasteiger partial charge in [0.05, 0.1) is 10.7 Å². The van der Waals surface area contributed by atoms with Crippen LogP contribution >= 0.6 is 23.4 Å². The molecule has 0 atom stereocenters. The van der Waals surface area contributed by atoms with Crippen LogP contribution in [-0.2, 0) is 10.5 Å². The highest BCUT2D eigenvalue weighted by Crippen LogP contribution is 2.32. The quantitative estimate of drug-likeness (QED) is 0.463. The van der Waals surface area contributed by atoms with Crippen LogP contribution in [0.3, 0.4) is 0 Å². The van der Waals surface area contributed by atoms with E-state index in [-0.39, 0.29) is 5.02 Å². The maximum atomic E-state index is 13.7. The van der Waals surface area contributed by atoms with Gasteiger partial charge in [-0.3, -0.25) is 0 Å². The highest BCUT2D eigenvalue weighted by Gasteiger charge is 2.08. The van der Waals surface area contributed by atoms with Crippen LogP contribution in [-0.4, -0.2) is 6.08 Å². The van der Waals surface area contributed by atoms with E-state index in [1.807, 2.05) is 12.1 Å². The zero-order valence-electron chi connectivity index (χ0n) is 9.77. The van der Waals surface area contributed by atoms with Gasteiger partial charge in [-0.25, -0.2) is 9.18 Å². The van der Waals surface area contributed by atoms with Gasteiger partial charge < -0.3 is 0 Å². The predicted octanol–water partition coefficient (Wildman–Crippen LogP) is 4.74. The second kappa shape index (κ2) is 6.53. The number of isocyanates is 1. The largest absolute Gasteiger partial charge is 0.240 e. The number of rotatable bonds is 4. The minimum absolute atomic E-state index is 0.109. The van der Waals surface area contributed by atoms with Crippen LogP contribution in [0.1, 0.15) is 5.56 Å². The minimum atomic E-state index is -0.409. The van der Waals surface area contributed by atoms with Crippen molar-refractivity contribution in [2.75, 3.05) is 0 Å². The molecule has 0 N–H and O–H groups in total. The highest BCUT2D eigenvalue weighted by molar-refractivity contribution is 7.98. The molecule has 0 unspecified atom stereocenters. The molecule has 0 saturated carbocycles. The van der Waals surface area contributed by atoms with Crippen molar-refractivity contribution in [2.45, 2.75) is 10.6 Å². The number of hydrogen-bond donors (Lipinski definition) is 0. The first-order valence-electron chi connectivity index (χ1n) is 5.45. The zero-order valence-corrected chi connectivity index (χ0v) is 11.3. The summed E-state index contributed by atoms with van der Waals surface area (Å²) >= 11 is 7.11. The Bertz CT molecular complexity index is 641. The van der Waals surface area contributed by atoms with Gasteiger partial charge in [-0.1, -0.05) is 35.9 Å². The first kappa shape index (κ1) is 13.8. The maximum Gasteiger partial charge on any atom is 0.240 e. The fraction of sp³-hybridized carbons (Fsp3) is 0.0714. The predicted molar refractivity (Wildman–Crippen MR) is 75.2 cm³/mol. The fourth-order valence-electron chi connectivity index (χ4n) is 1.54. The van der Waals surface area contributed by atoms with Crippen LogP contribution in [0.15, 0.2) is 52.4 Å². The van der Waals surface area contributed by atoms with E-state index in [0.29, 0.717) is 17.0 Å². The molecule has 0 aliphatic rings. The van der Waals surface area contributed by atoms with Crippen molar-refractivity contribution in [1.82, 2.24) is 0 Å². The van der Waals surface area contributed by atoms with Crippen molar-refractivity contribution in [3.8, 4) is 0 Å². The van der Waals surface area contributed by atoms with Crippen molar-refractivity contribution >= 4 is 35.1 Å². The third-order valence-corrected chi connectivity index (χ3v) is 3.85. The Morgan fingerprint density at radius 2 is 2.00 bits per heavy atom. The fourth-order valence-corrected chi connectivity index (χ4v) is 2.70. The summed E-state index contributed by atoms with van der Waals surface area (Å²) in [5.41, 5.74) is 1.05. The molecule has 2 aromatic rings. The molecule has 0 spiro atoms. The first-order valence-corrected chi connectivity index (χ1v) is 6.81. The minimum Gasteiger partial charge on any atom is -0.211 e. The van der Waals surface area contributed by atoms with Gasteiger partial charge in [-0.05, 0) is 23.8 Å². The van der Waals surface area contributed by atoms with E-state index in [1.165, 1.54) is 23.9 Å². The lowest BCUT2D eigenvalue weighted by Crippen LogP contribution is -1.88. The number of benzene rings is 2. The number of nitrogens with zero attached hydrogens (tertiary/aromatic N) is 1. The average molecular weight is 294 g/mol. The topological polar surface area (TPSA) is 29.4 Å². The van der Waals surface area contributed by atoms with Crippen LogP contribution in [0.5, 0.6) is 0 Å². The third kappa shape index (κ3) is 3.44. The molecule has 2 rings (SSSR count). The molecule has 0 amide bonds. The maximum absolute atomic E-state index is 13.7. The molecular weight excluding hydrogens is 285 g/mol. The van der Waals surface area contributed by atoms with Crippen molar-refractivity contribution in [3.05, 3.63) is 58.9 Å². The van der Waals surface area contributed by atoms with E-state index < -0.39 is 5.82 Å². The molecule has 0 saturated heterocycles. The molecule has 0 aromatic heterocycles. The number of halogens is 2. The van der Waals surface area contributed by atoms with E-state index in [4.69, 9.17) is 11.6 Å². The number of aliphatic imine (C=N–C) groups is 1. The average Bonchev–Trinajstić information content (AvgIpc) is 2.42. The molecule has 0 heterocycles. The van der Waals surface area contributed by atoms with E-state index in [9.17, 15) is 9.18 Å². The molecule has 2 aromatic carbocycles. The standard InChI is InChI=1S/C14H9ClFNOS/c15-11-5-3-4-10(14(11)16)8-19-13-7-2-1-6-12(13)17-9-18/h1-7H,8H2. The second-order valence-corrected chi connectivity index (χ2v) is 5.10. The normalized spacial score (nSPS) is 10.0. The Morgan fingerprint density at radius 3 is 2.79 bits per heavy atom. The summed E-state index contributed by atoms with van der Waals surface area (Å²) in [6, 6.07) is 12.0. The van der Waals surface area contributed by atoms with Gasteiger partial charge in [0.15, 0.2) is 0 Å². The molecule has 0 aliphatic heterocycles. The molecule has 0 radical (unpaired) electrons. The molecule has 0 bridgehead atoms. The summed E-state index contributed by atoms with van der Waals surface area (Å²) in [6.07, 6.45) is 1.51. The summed E-state index contributed by atoms with van der Waals surface area (Å²) < 4.78 is 13.7.